The smallest absolute Gasteiger partial charge is 0.136 e. The lowest BCUT2D eigenvalue weighted by atomic mass is 9.78. The average Bonchev–Trinajstić information content (AvgIpc) is 2.33. The average molecular weight is 232 g/mol. The Labute approximate surface area is 103 Å². The summed E-state index contributed by atoms with van der Waals surface area (Å²) in [6.07, 6.45) is 4.30. The maximum Gasteiger partial charge on any atom is 0.136 e. The van der Waals surface area contributed by atoms with Gasteiger partial charge in [0, 0.05) is 12.3 Å². The van der Waals surface area contributed by atoms with E-state index in [0.29, 0.717) is 18.6 Å². The molecule has 1 fully saturated rings. The van der Waals surface area contributed by atoms with Crippen LogP contribution >= 0.6 is 0 Å². The second-order valence-electron chi connectivity index (χ2n) is 5.25. The molecule has 2 rings (SSSR count). The Morgan fingerprint density at radius 2 is 2.00 bits per heavy atom. The first-order valence-corrected chi connectivity index (χ1v) is 6.40. The molecule has 2 nitrogen and oxygen atoms in total. The van der Waals surface area contributed by atoms with E-state index in [2.05, 4.69) is 0 Å². The minimum atomic E-state index is -0.890. The predicted molar refractivity (Wildman–Crippen MR) is 67.6 cm³/mol. The molecule has 2 heteroatoms. The van der Waals surface area contributed by atoms with E-state index in [1.807, 2.05) is 37.3 Å². The topological polar surface area (TPSA) is 37.3 Å². The van der Waals surface area contributed by atoms with Gasteiger partial charge in [0.15, 0.2) is 0 Å². The van der Waals surface area contributed by atoms with E-state index in [4.69, 9.17) is 0 Å². The highest BCUT2D eigenvalue weighted by atomic mass is 16.3. The van der Waals surface area contributed by atoms with E-state index < -0.39 is 5.60 Å². The second kappa shape index (κ2) is 5.01. The molecule has 92 valence electrons. The van der Waals surface area contributed by atoms with Gasteiger partial charge in [0.2, 0.25) is 0 Å². The first-order chi connectivity index (χ1) is 8.09. The largest absolute Gasteiger partial charge is 0.385 e. The Morgan fingerprint density at radius 3 is 2.65 bits per heavy atom. The van der Waals surface area contributed by atoms with E-state index >= 15 is 0 Å². The molecule has 0 amide bonds. The fraction of sp³-hybridized carbons (Fsp3) is 0.533. The third-order valence-electron chi connectivity index (χ3n) is 3.72. The van der Waals surface area contributed by atoms with Crippen molar-refractivity contribution in [1.29, 1.82) is 0 Å². The number of hydrogen-bond acceptors (Lipinski definition) is 2. The van der Waals surface area contributed by atoms with Crippen molar-refractivity contribution in [3.63, 3.8) is 0 Å². The lowest BCUT2D eigenvalue weighted by Gasteiger charge is -2.30. The molecule has 0 bridgehead atoms. The normalized spacial score (nSPS) is 24.4. The van der Waals surface area contributed by atoms with Crippen molar-refractivity contribution in [3.05, 3.63) is 35.9 Å². The van der Waals surface area contributed by atoms with Gasteiger partial charge in [0.25, 0.3) is 0 Å². The molecular formula is C15H20O2. The molecule has 1 aliphatic carbocycles. The number of rotatable bonds is 3. The fourth-order valence-corrected chi connectivity index (χ4v) is 2.67. The van der Waals surface area contributed by atoms with Crippen LogP contribution in [0.25, 0.3) is 0 Å². The highest BCUT2D eigenvalue weighted by molar-refractivity contribution is 5.81. The molecule has 1 aromatic rings. The summed E-state index contributed by atoms with van der Waals surface area (Å²) in [7, 11) is 0. The standard InChI is InChI=1S/C15H20O2/c1-15(17,13-8-3-2-4-9-13)11-12-7-5-6-10-14(12)16/h2-4,8-9,12,17H,5-7,10-11H2,1H3. The van der Waals surface area contributed by atoms with Gasteiger partial charge in [-0.2, -0.15) is 0 Å². The summed E-state index contributed by atoms with van der Waals surface area (Å²) < 4.78 is 0. The van der Waals surface area contributed by atoms with Crippen molar-refractivity contribution in [2.24, 2.45) is 5.92 Å². The van der Waals surface area contributed by atoms with Crippen molar-refractivity contribution in [2.75, 3.05) is 0 Å². The summed E-state index contributed by atoms with van der Waals surface area (Å²) in [6, 6.07) is 9.63. The number of benzene rings is 1. The van der Waals surface area contributed by atoms with Gasteiger partial charge in [0.05, 0.1) is 5.60 Å². The monoisotopic (exact) mass is 232 g/mol. The van der Waals surface area contributed by atoms with Gasteiger partial charge >= 0.3 is 0 Å². The minimum absolute atomic E-state index is 0.0407. The summed E-state index contributed by atoms with van der Waals surface area (Å²) in [5.74, 6) is 0.367. The number of hydrogen-bond donors (Lipinski definition) is 1. The van der Waals surface area contributed by atoms with E-state index in [1.54, 1.807) is 0 Å². The molecule has 0 saturated heterocycles. The number of Topliss-reactive ketones (excluding diaryl/α,β-unsaturated/α-hetero) is 1. The van der Waals surface area contributed by atoms with Crippen LogP contribution in [0.5, 0.6) is 0 Å². The number of aliphatic hydroxyl groups is 1. The molecule has 17 heavy (non-hydrogen) atoms. The highest BCUT2D eigenvalue weighted by Gasteiger charge is 2.31. The van der Waals surface area contributed by atoms with Crippen LogP contribution in [-0.4, -0.2) is 10.9 Å². The summed E-state index contributed by atoms with van der Waals surface area (Å²) in [4.78, 5) is 11.8. The lowest BCUT2D eigenvalue weighted by molar-refractivity contribution is -0.127. The van der Waals surface area contributed by atoms with Crippen LogP contribution in [0.15, 0.2) is 30.3 Å². The van der Waals surface area contributed by atoms with Gasteiger partial charge in [-0.25, -0.2) is 0 Å². The van der Waals surface area contributed by atoms with E-state index in [9.17, 15) is 9.90 Å². The third-order valence-corrected chi connectivity index (χ3v) is 3.72. The zero-order valence-corrected chi connectivity index (χ0v) is 10.4. The maximum absolute atomic E-state index is 11.8. The molecule has 1 aromatic carbocycles. The van der Waals surface area contributed by atoms with Crippen LogP contribution in [0.2, 0.25) is 0 Å². The molecular weight excluding hydrogens is 212 g/mol. The fourth-order valence-electron chi connectivity index (χ4n) is 2.67. The molecule has 1 aliphatic rings. The van der Waals surface area contributed by atoms with Crippen LogP contribution in [0.4, 0.5) is 0 Å². The molecule has 0 aromatic heterocycles. The zero-order chi connectivity index (χ0) is 12.3. The van der Waals surface area contributed by atoms with E-state index in [-0.39, 0.29) is 5.92 Å². The van der Waals surface area contributed by atoms with Crippen molar-refractivity contribution in [1.82, 2.24) is 0 Å². The molecule has 0 aliphatic heterocycles. The molecule has 1 N–H and O–H groups in total. The zero-order valence-electron chi connectivity index (χ0n) is 10.4. The molecule has 0 spiro atoms. The molecule has 0 heterocycles. The molecule has 2 unspecified atom stereocenters. The van der Waals surface area contributed by atoms with Crippen molar-refractivity contribution >= 4 is 5.78 Å². The van der Waals surface area contributed by atoms with Crippen LogP contribution in [0, 0.1) is 5.92 Å². The number of carbonyl (C=O) groups excluding carboxylic acids is 1. The first-order valence-electron chi connectivity index (χ1n) is 6.40. The maximum atomic E-state index is 11.8. The molecule has 2 atom stereocenters. The quantitative estimate of drug-likeness (QED) is 0.869. The van der Waals surface area contributed by atoms with Crippen molar-refractivity contribution in [3.8, 4) is 0 Å². The van der Waals surface area contributed by atoms with Crippen molar-refractivity contribution < 1.29 is 9.90 Å². The van der Waals surface area contributed by atoms with Gasteiger partial charge in [-0.3, -0.25) is 4.79 Å². The van der Waals surface area contributed by atoms with Gasteiger partial charge in [-0.1, -0.05) is 36.8 Å². The summed E-state index contributed by atoms with van der Waals surface area (Å²) in [5, 5.41) is 10.5. The number of carbonyl (C=O) groups is 1. The van der Waals surface area contributed by atoms with E-state index in [0.717, 1.165) is 24.8 Å². The van der Waals surface area contributed by atoms with Crippen LogP contribution < -0.4 is 0 Å². The first kappa shape index (κ1) is 12.3. The summed E-state index contributed by atoms with van der Waals surface area (Å²) >= 11 is 0. The van der Waals surface area contributed by atoms with Crippen LogP contribution in [0.1, 0.15) is 44.6 Å². The third kappa shape index (κ3) is 2.95. The number of ketones is 1. The molecule has 0 radical (unpaired) electrons. The van der Waals surface area contributed by atoms with E-state index in [1.165, 1.54) is 0 Å². The van der Waals surface area contributed by atoms with Crippen molar-refractivity contribution in [2.45, 2.75) is 44.6 Å². The van der Waals surface area contributed by atoms with Gasteiger partial charge < -0.3 is 5.11 Å². The van der Waals surface area contributed by atoms with Crippen LogP contribution in [0.3, 0.4) is 0 Å². The van der Waals surface area contributed by atoms with Crippen LogP contribution in [-0.2, 0) is 10.4 Å². The Balaban J connectivity index is 2.09. The Kier molecular flexibility index (Phi) is 3.63. The summed E-state index contributed by atoms with van der Waals surface area (Å²) in [5.41, 5.74) is 0.0113. The Bertz CT molecular complexity index is 381. The second-order valence-corrected chi connectivity index (χ2v) is 5.25. The highest BCUT2D eigenvalue weighted by Crippen LogP contribution is 2.33. The van der Waals surface area contributed by atoms with Gasteiger partial charge in [-0.15, -0.1) is 0 Å². The lowest BCUT2D eigenvalue weighted by Crippen LogP contribution is -2.30. The predicted octanol–water partition coefficient (Wildman–Crippen LogP) is 3.04. The molecule has 1 saturated carbocycles. The van der Waals surface area contributed by atoms with Gasteiger partial charge in [0.1, 0.15) is 5.78 Å². The Hall–Kier alpha value is -1.15. The Morgan fingerprint density at radius 1 is 1.29 bits per heavy atom. The SMILES string of the molecule is CC(O)(CC1CCCCC1=O)c1ccccc1. The summed E-state index contributed by atoms with van der Waals surface area (Å²) in [6.45, 7) is 1.81. The van der Waals surface area contributed by atoms with Gasteiger partial charge in [-0.05, 0) is 31.7 Å². The minimum Gasteiger partial charge on any atom is -0.385 e.